The van der Waals surface area contributed by atoms with E-state index in [4.69, 9.17) is 4.74 Å². The molecule has 2 aliphatic heterocycles. The van der Waals surface area contributed by atoms with Gasteiger partial charge in [0.05, 0.1) is 6.61 Å². The summed E-state index contributed by atoms with van der Waals surface area (Å²) in [5.74, 6) is 0. The molecule has 0 atom stereocenters. The van der Waals surface area contributed by atoms with Crippen LogP contribution < -0.4 is 10.2 Å². The van der Waals surface area contributed by atoms with E-state index in [0.29, 0.717) is 0 Å². The molecule has 0 unspecified atom stereocenters. The minimum atomic E-state index is 0.740. The maximum atomic E-state index is 5.28. The summed E-state index contributed by atoms with van der Waals surface area (Å²) in [6, 6.07) is 4.48. The van der Waals surface area contributed by atoms with Gasteiger partial charge in [0.25, 0.3) is 0 Å². The van der Waals surface area contributed by atoms with Crippen LogP contribution in [0.1, 0.15) is 16.7 Å². The fourth-order valence-corrected chi connectivity index (χ4v) is 2.85. The fraction of sp³-hybridized carbons (Fsp3) is 0.538. The lowest BCUT2D eigenvalue weighted by Crippen LogP contribution is -2.27. The first-order valence-electron chi connectivity index (χ1n) is 5.98. The van der Waals surface area contributed by atoms with E-state index in [9.17, 15) is 0 Å². The Labute approximate surface area is 96.4 Å². The lowest BCUT2D eigenvalue weighted by Gasteiger charge is -2.19. The van der Waals surface area contributed by atoms with Gasteiger partial charge in [0, 0.05) is 39.0 Å². The molecule has 1 N–H and O–H groups in total. The third-order valence-electron chi connectivity index (χ3n) is 3.59. The van der Waals surface area contributed by atoms with Crippen LogP contribution in [0.5, 0.6) is 0 Å². The third kappa shape index (κ3) is 1.51. The predicted molar refractivity (Wildman–Crippen MR) is 64.8 cm³/mol. The minimum absolute atomic E-state index is 0.740. The molecule has 0 amide bonds. The molecule has 0 spiro atoms. The summed E-state index contributed by atoms with van der Waals surface area (Å²) in [4.78, 5) is 2.52. The van der Waals surface area contributed by atoms with E-state index in [1.165, 1.54) is 35.3 Å². The topological polar surface area (TPSA) is 24.5 Å². The zero-order valence-electron chi connectivity index (χ0n) is 9.75. The van der Waals surface area contributed by atoms with Gasteiger partial charge >= 0.3 is 0 Å². The molecular weight excluding hydrogens is 200 g/mol. The molecule has 3 heteroatoms. The molecule has 1 aromatic carbocycles. The average molecular weight is 218 g/mol. The maximum absolute atomic E-state index is 5.28. The van der Waals surface area contributed by atoms with Crippen molar-refractivity contribution in [2.75, 3.05) is 31.6 Å². The number of benzene rings is 1. The first kappa shape index (κ1) is 10.1. The molecule has 0 fully saturated rings. The van der Waals surface area contributed by atoms with E-state index in [2.05, 4.69) is 22.3 Å². The van der Waals surface area contributed by atoms with Crippen molar-refractivity contribution in [3.8, 4) is 0 Å². The van der Waals surface area contributed by atoms with E-state index >= 15 is 0 Å². The van der Waals surface area contributed by atoms with Crippen LogP contribution >= 0.6 is 0 Å². The Kier molecular flexibility index (Phi) is 2.58. The van der Waals surface area contributed by atoms with Gasteiger partial charge in [-0.05, 0) is 23.1 Å². The molecule has 86 valence electrons. The highest BCUT2D eigenvalue weighted by Gasteiger charge is 2.25. The third-order valence-corrected chi connectivity index (χ3v) is 3.59. The molecule has 0 radical (unpaired) electrons. The fourth-order valence-electron chi connectivity index (χ4n) is 2.85. The first-order valence-corrected chi connectivity index (χ1v) is 5.98. The van der Waals surface area contributed by atoms with Gasteiger partial charge in [-0.15, -0.1) is 0 Å². The Hall–Kier alpha value is -1.06. The van der Waals surface area contributed by atoms with E-state index in [0.717, 1.165) is 26.2 Å². The van der Waals surface area contributed by atoms with Crippen molar-refractivity contribution in [3.63, 3.8) is 0 Å². The molecule has 2 aliphatic rings. The zero-order valence-corrected chi connectivity index (χ0v) is 9.75. The van der Waals surface area contributed by atoms with Crippen LogP contribution in [-0.2, 0) is 24.3 Å². The molecule has 0 saturated carbocycles. The molecule has 0 bridgehead atoms. The molecule has 16 heavy (non-hydrogen) atoms. The average Bonchev–Trinajstić information content (AvgIpc) is 2.61. The number of nitrogens with one attached hydrogen (secondary N) is 1. The maximum Gasteiger partial charge on any atom is 0.0716 e. The first-order chi connectivity index (χ1) is 7.90. The van der Waals surface area contributed by atoms with Crippen LogP contribution in [0.2, 0.25) is 0 Å². The molecular formula is C13H18N2O. The minimum Gasteiger partial charge on any atom is -0.380 e. The molecule has 1 aromatic rings. The summed E-state index contributed by atoms with van der Waals surface area (Å²) >= 11 is 0. The van der Waals surface area contributed by atoms with Gasteiger partial charge in [0.2, 0.25) is 0 Å². The van der Waals surface area contributed by atoms with Crippen molar-refractivity contribution in [1.82, 2.24) is 5.32 Å². The molecule has 0 aliphatic carbocycles. The Morgan fingerprint density at radius 3 is 3.19 bits per heavy atom. The second-order valence-electron chi connectivity index (χ2n) is 4.56. The number of methoxy groups -OCH3 is 1. The van der Waals surface area contributed by atoms with Crippen LogP contribution in [-0.4, -0.2) is 26.7 Å². The van der Waals surface area contributed by atoms with E-state index < -0.39 is 0 Å². The second kappa shape index (κ2) is 4.07. The van der Waals surface area contributed by atoms with Gasteiger partial charge in [0.1, 0.15) is 0 Å². The molecule has 2 heterocycles. The summed E-state index contributed by atoms with van der Waals surface area (Å²) in [6.07, 6.45) is 1.18. The number of ether oxygens (including phenoxy) is 1. The monoisotopic (exact) mass is 218 g/mol. The molecule has 0 saturated heterocycles. The number of nitrogens with zero attached hydrogens (tertiary/aromatic N) is 1. The van der Waals surface area contributed by atoms with Crippen molar-refractivity contribution >= 4 is 5.69 Å². The van der Waals surface area contributed by atoms with Gasteiger partial charge < -0.3 is 15.0 Å². The van der Waals surface area contributed by atoms with Crippen molar-refractivity contribution < 1.29 is 4.74 Å². The SMILES string of the molecule is COCc1ccc2c3c1CCN3CCNC2. The Morgan fingerprint density at radius 1 is 1.38 bits per heavy atom. The van der Waals surface area contributed by atoms with Gasteiger partial charge in [-0.3, -0.25) is 0 Å². The standard InChI is InChI=1S/C13H18N2O/c1-16-9-11-3-2-10-8-14-5-7-15-6-4-12(11)13(10)15/h2-3,14H,4-9H2,1H3. The highest BCUT2D eigenvalue weighted by Crippen LogP contribution is 2.35. The number of anilines is 1. The highest BCUT2D eigenvalue weighted by molar-refractivity contribution is 5.66. The highest BCUT2D eigenvalue weighted by atomic mass is 16.5. The molecule has 3 nitrogen and oxygen atoms in total. The van der Waals surface area contributed by atoms with E-state index in [-0.39, 0.29) is 0 Å². The summed E-state index contributed by atoms with van der Waals surface area (Å²) in [5.41, 5.74) is 5.82. The summed E-state index contributed by atoms with van der Waals surface area (Å²) in [5, 5.41) is 3.47. The summed E-state index contributed by atoms with van der Waals surface area (Å²) in [7, 11) is 1.77. The van der Waals surface area contributed by atoms with Gasteiger partial charge in [0.15, 0.2) is 0 Å². The van der Waals surface area contributed by atoms with Crippen molar-refractivity contribution in [2.24, 2.45) is 0 Å². The van der Waals surface area contributed by atoms with Crippen LogP contribution in [0, 0.1) is 0 Å². The lowest BCUT2D eigenvalue weighted by atomic mass is 10.0. The van der Waals surface area contributed by atoms with Gasteiger partial charge in [-0.25, -0.2) is 0 Å². The lowest BCUT2D eigenvalue weighted by molar-refractivity contribution is 0.184. The Balaban J connectivity index is 2.08. The van der Waals surface area contributed by atoms with Crippen LogP contribution in [0.15, 0.2) is 12.1 Å². The summed E-state index contributed by atoms with van der Waals surface area (Å²) < 4.78 is 5.28. The predicted octanol–water partition coefficient (Wildman–Crippen LogP) is 1.30. The largest absolute Gasteiger partial charge is 0.380 e. The van der Waals surface area contributed by atoms with Crippen molar-refractivity contribution in [1.29, 1.82) is 0 Å². The van der Waals surface area contributed by atoms with Crippen LogP contribution in [0.25, 0.3) is 0 Å². The Bertz CT molecular complexity index is 403. The van der Waals surface area contributed by atoms with Gasteiger partial charge in [-0.1, -0.05) is 12.1 Å². The smallest absolute Gasteiger partial charge is 0.0716 e. The quantitative estimate of drug-likeness (QED) is 0.809. The van der Waals surface area contributed by atoms with Crippen molar-refractivity contribution in [3.05, 3.63) is 28.8 Å². The normalized spacial score (nSPS) is 18.4. The Morgan fingerprint density at radius 2 is 2.31 bits per heavy atom. The molecule has 3 rings (SSSR count). The van der Waals surface area contributed by atoms with Gasteiger partial charge in [-0.2, -0.15) is 0 Å². The zero-order chi connectivity index (χ0) is 11.0. The van der Waals surface area contributed by atoms with E-state index in [1.807, 2.05) is 0 Å². The molecule has 0 aromatic heterocycles. The van der Waals surface area contributed by atoms with Crippen LogP contribution in [0.3, 0.4) is 0 Å². The number of hydrogen-bond donors (Lipinski definition) is 1. The van der Waals surface area contributed by atoms with Crippen molar-refractivity contribution in [2.45, 2.75) is 19.6 Å². The second-order valence-corrected chi connectivity index (χ2v) is 4.56. The van der Waals surface area contributed by atoms with E-state index in [1.54, 1.807) is 7.11 Å². The number of hydrogen-bond acceptors (Lipinski definition) is 3. The summed E-state index contributed by atoms with van der Waals surface area (Å²) in [6.45, 7) is 5.14. The number of rotatable bonds is 2. The van der Waals surface area contributed by atoms with Crippen LogP contribution in [0.4, 0.5) is 5.69 Å².